The summed E-state index contributed by atoms with van der Waals surface area (Å²) in [6, 6.07) is 4.40. The van der Waals surface area contributed by atoms with E-state index in [-0.39, 0.29) is 11.3 Å². The molecule has 1 aromatic rings. The molecule has 20 heavy (non-hydrogen) atoms. The molecule has 0 saturated carbocycles. The normalized spacial score (nSPS) is 21.5. The second-order valence-electron chi connectivity index (χ2n) is 4.94. The van der Waals surface area contributed by atoms with E-state index in [2.05, 4.69) is 10.6 Å². The van der Waals surface area contributed by atoms with Gasteiger partial charge in [0.15, 0.2) is 0 Å². The number of carbonyl (C=O) groups is 2. The fourth-order valence-corrected chi connectivity index (χ4v) is 2.49. The molecule has 1 aromatic carbocycles. The third-order valence-corrected chi connectivity index (χ3v) is 3.77. The van der Waals surface area contributed by atoms with E-state index < -0.39 is 17.5 Å². The van der Waals surface area contributed by atoms with Crippen LogP contribution in [0.15, 0.2) is 18.2 Å². The Kier molecular flexibility index (Phi) is 4.48. The number of urea groups is 1. The van der Waals surface area contributed by atoms with Crippen molar-refractivity contribution in [3.8, 4) is 0 Å². The number of carboxylic acid groups (broad SMARTS) is 1. The summed E-state index contributed by atoms with van der Waals surface area (Å²) in [5.74, 6) is -1.07. The zero-order valence-electron chi connectivity index (χ0n) is 10.9. The van der Waals surface area contributed by atoms with Crippen LogP contribution in [0.1, 0.15) is 23.7 Å². The first-order valence-electron chi connectivity index (χ1n) is 6.09. The molecule has 0 aliphatic carbocycles. The summed E-state index contributed by atoms with van der Waals surface area (Å²) < 4.78 is 6.04. The van der Waals surface area contributed by atoms with Crippen LogP contribution in [-0.4, -0.2) is 35.9 Å². The number of benzene rings is 1. The van der Waals surface area contributed by atoms with Crippen molar-refractivity contribution in [2.45, 2.75) is 18.9 Å². The number of hydrogen-bond donors (Lipinski definition) is 3. The summed E-state index contributed by atoms with van der Waals surface area (Å²) in [6.45, 7) is 2.96. The maximum atomic E-state index is 12.0. The van der Waals surface area contributed by atoms with Gasteiger partial charge in [-0.1, -0.05) is 0 Å². The van der Waals surface area contributed by atoms with Gasteiger partial charge in [0.05, 0.1) is 23.4 Å². The zero-order valence-corrected chi connectivity index (χ0v) is 13.1. The predicted molar refractivity (Wildman–Crippen MR) is 82.1 cm³/mol. The lowest BCUT2D eigenvalue weighted by molar-refractivity contribution is 0.0698. The molecule has 0 radical (unpaired) electrons. The largest absolute Gasteiger partial charge is 0.478 e. The minimum atomic E-state index is -1.07. The van der Waals surface area contributed by atoms with E-state index in [1.807, 2.05) is 29.5 Å². The van der Waals surface area contributed by atoms with Crippen LogP contribution >= 0.6 is 22.6 Å². The quantitative estimate of drug-likeness (QED) is 0.692. The molecule has 0 aromatic heterocycles. The van der Waals surface area contributed by atoms with Crippen molar-refractivity contribution < 1.29 is 19.4 Å². The molecule has 0 bridgehead atoms. The topological polar surface area (TPSA) is 87.7 Å². The molecule has 7 heteroatoms. The van der Waals surface area contributed by atoms with Crippen molar-refractivity contribution in [1.82, 2.24) is 5.32 Å². The lowest BCUT2D eigenvalue weighted by Crippen LogP contribution is -2.48. The predicted octanol–water partition coefficient (Wildman–Crippen LogP) is 2.29. The van der Waals surface area contributed by atoms with Gasteiger partial charge >= 0.3 is 12.0 Å². The van der Waals surface area contributed by atoms with Crippen molar-refractivity contribution in [3.63, 3.8) is 0 Å². The summed E-state index contributed by atoms with van der Waals surface area (Å²) in [5.41, 5.74) is -0.0609. The van der Waals surface area contributed by atoms with E-state index in [0.29, 0.717) is 13.2 Å². The number of rotatable bonds is 3. The number of amides is 2. The molecule has 1 fully saturated rings. The number of hydrogen-bond acceptors (Lipinski definition) is 3. The highest BCUT2D eigenvalue weighted by Crippen LogP contribution is 2.21. The van der Waals surface area contributed by atoms with Crippen molar-refractivity contribution in [3.05, 3.63) is 27.3 Å². The Morgan fingerprint density at radius 1 is 1.45 bits per heavy atom. The molecule has 1 atom stereocenters. The molecular weight excluding hydrogens is 375 g/mol. The molecule has 0 spiro atoms. The van der Waals surface area contributed by atoms with Crippen molar-refractivity contribution in [2.75, 3.05) is 18.5 Å². The fourth-order valence-electron chi connectivity index (χ4n) is 2.00. The van der Waals surface area contributed by atoms with E-state index >= 15 is 0 Å². The summed E-state index contributed by atoms with van der Waals surface area (Å²) >= 11 is 2.02. The summed E-state index contributed by atoms with van der Waals surface area (Å²) in [6.07, 6.45) is 0.735. The number of carboxylic acids is 1. The lowest BCUT2D eigenvalue weighted by Gasteiger charge is -2.23. The van der Waals surface area contributed by atoms with Crippen LogP contribution in [0.4, 0.5) is 10.5 Å². The van der Waals surface area contributed by atoms with E-state index in [1.54, 1.807) is 12.1 Å². The summed E-state index contributed by atoms with van der Waals surface area (Å²) in [7, 11) is 0. The van der Waals surface area contributed by atoms with Crippen LogP contribution in [0, 0.1) is 3.57 Å². The fraction of sp³-hybridized carbons (Fsp3) is 0.385. The standard InChI is InChI=1S/C13H15IN2O4/c1-13(4-5-20-7-13)16-12(19)15-10-3-2-8(14)6-9(10)11(17)18/h2-3,6H,4-5,7H2,1H3,(H,17,18)(H2,15,16,19). The highest BCUT2D eigenvalue weighted by molar-refractivity contribution is 14.1. The zero-order chi connectivity index (χ0) is 14.8. The highest BCUT2D eigenvalue weighted by atomic mass is 127. The second-order valence-corrected chi connectivity index (χ2v) is 6.18. The number of aromatic carboxylic acids is 1. The molecule has 6 nitrogen and oxygen atoms in total. The molecule has 1 heterocycles. The molecule has 2 amide bonds. The van der Waals surface area contributed by atoms with Gasteiger partial charge in [-0.25, -0.2) is 9.59 Å². The van der Waals surface area contributed by atoms with Gasteiger partial charge in [0, 0.05) is 10.2 Å². The average molecular weight is 390 g/mol. The van der Waals surface area contributed by atoms with Gasteiger partial charge in [0.1, 0.15) is 0 Å². The molecule has 108 valence electrons. The number of anilines is 1. The Balaban J connectivity index is 2.09. The Hall–Kier alpha value is -1.35. The van der Waals surface area contributed by atoms with Crippen LogP contribution in [0.5, 0.6) is 0 Å². The molecule has 1 saturated heterocycles. The first-order chi connectivity index (χ1) is 9.39. The third kappa shape index (κ3) is 3.60. The van der Waals surface area contributed by atoms with Gasteiger partial charge in [0.2, 0.25) is 0 Å². The van der Waals surface area contributed by atoms with Crippen molar-refractivity contribution in [1.29, 1.82) is 0 Å². The maximum Gasteiger partial charge on any atom is 0.337 e. The van der Waals surface area contributed by atoms with Gasteiger partial charge in [-0.05, 0) is 54.1 Å². The van der Waals surface area contributed by atoms with Gasteiger partial charge in [-0.2, -0.15) is 0 Å². The molecule has 1 aliphatic rings. The highest BCUT2D eigenvalue weighted by Gasteiger charge is 2.31. The molecule has 1 unspecified atom stereocenters. The SMILES string of the molecule is CC1(NC(=O)Nc2ccc(I)cc2C(=O)O)CCOC1. The van der Waals surface area contributed by atoms with E-state index in [1.165, 1.54) is 6.07 Å². The van der Waals surface area contributed by atoms with Crippen molar-refractivity contribution >= 4 is 40.3 Å². The minimum Gasteiger partial charge on any atom is -0.478 e. The minimum absolute atomic E-state index is 0.0693. The molecule has 1 aliphatic heterocycles. The van der Waals surface area contributed by atoms with Crippen molar-refractivity contribution in [2.24, 2.45) is 0 Å². The van der Waals surface area contributed by atoms with E-state index in [0.717, 1.165) is 9.99 Å². The van der Waals surface area contributed by atoms with Gasteiger partial charge in [-0.3, -0.25) is 0 Å². The Labute approximate surface area is 130 Å². The monoisotopic (exact) mass is 390 g/mol. The van der Waals surface area contributed by atoms with E-state index in [9.17, 15) is 9.59 Å². The van der Waals surface area contributed by atoms with Gasteiger partial charge in [0.25, 0.3) is 0 Å². The number of nitrogens with one attached hydrogen (secondary N) is 2. The number of carbonyl (C=O) groups excluding carboxylic acids is 1. The Morgan fingerprint density at radius 2 is 2.20 bits per heavy atom. The summed E-state index contributed by atoms with van der Waals surface area (Å²) in [5, 5.41) is 14.5. The lowest BCUT2D eigenvalue weighted by atomic mass is 10.0. The van der Waals surface area contributed by atoms with Crippen LogP contribution in [0.3, 0.4) is 0 Å². The maximum absolute atomic E-state index is 12.0. The van der Waals surface area contributed by atoms with Crippen LogP contribution in [0.25, 0.3) is 0 Å². The first kappa shape index (κ1) is 15.0. The molecule has 3 N–H and O–H groups in total. The van der Waals surface area contributed by atoms with Crippen LogP contribution < -0.4 is 10.6 Å². The second kappa shape index (κ2) is 5.96. The smallest absolute Gasteiger partial charge is 0.337 e. The third-order valence-electron chi connectivity index (χ3n) is 3.09. The Morgan fingerprint density at radius 3 is 2.80 bits per heavy atom. The van der Waals surface area contributed by atoms with E-state index in [4.69, 9.17) is 9.84 Å². The van der Waals surface area contributed by atoms with Gasteiger partial charge < -0.3 is 20.5 Å². The summed E-state index contributed by atoms with van der Waals surface area (Å²) in [4.78, 5) is 23.1. The molecule has 2 rings (SSSR count). The first-order valence-corrected chi connectivity index (χ1v) is 7.17. The average Bonchev–Trinajstić information content (AvgIpc) is 2.77. The Bertz CT molecular complexity index is 541. The van der Waals surface area contributed by atoms with Crippen LogP contribution in [-0.2, 0) is 4.74 Å². The van der Waals surface area contributed by atoms with Gasteiger partial charge in [-0.15, -0.1) is 0 Å². The number of halogens is 1. The van der Waals surface area contributed by atoms with Crippen LogP contribution in [0.2, 0.25) is 0 Å². The number of ether oxygens (including phenoxy) is 1. The molecular formula is C13H15IN2O4.